The zero-order valence-corrected chi connectivity index (χ0v) is 13.4. The molecule has 0 spiro atoms. The number of thiophene rings is 1. The van der Waals surface area contributed by atoms with Crippen molar-refractivity contribution in [1.82, 2.24) is 10.2 Å². The van der Waals surface area contributed by atoms with Crippen LogP contribution in [0.5, 0.6) is 0 Å². The third-order valence-electron chi connectivity index (χ3n) is 5.38. The zero-order chi connectivity index (χ0) is 14.4. The molecule has 0 bridgehead atoms. The van der Waals surface area contributed by atoms with Crippen LogP contribution in [0.4, 0.5) is 0 Å². The smallest absolute Gasteiger partial charge is 0.241 e. The minimum absolute atomic E-state index is 0.00829. The van der Waals surface area contributed by atoms with Gasteiger partial charge in [-0.2, -0.15) is 11.3 Å². The first kappa shape index (κ1) is 13.8. The molecule has 1 aromatic rings. The van der Waals surface area contributed by atoms with Crippen LogP contribution in [0.15, 0.2) is 16.8 Å². The van der Waals surface area contributed by atoms with E-state index >= 15 is 0 Å². The standard InChI is InChI=1S/C17H24N2OS/c1-2-15-17(20)19(16(18-15)13-7-8-21-10-13)9-14(11-3-4-11)12-5-6-12/h7-8,10-12,14-16,18H,2-6,9H2,1H3. The maximum Gasteiger partial charge on any atom is 0.241 e. The summed E-state index contributed by atoms with van der Waals surface area (Å²) in [6.45, 7) is 3.07. The molecule has 2 heterocycles. The Morgan fingerprint density at radius 1 is 1.33 bits per heavy atom. The van der Waals surface area contributed by atoms with Gasteiger partial charge in [0.1, 0.15) is 6.17 Å². The molecule has 4 rings (SSSR count). The quantitative estimate of drug-likeness (QED) is 0.873. The van der Waals surface area contributed by atoms with Crippen molar-refractivity contribution in [3.63, 3.8) is 0 Å². The van der Waals surface area contributed by atoms with Crippen LogP contribution in [0.25, 0.3) is 0 Å². The Balaban J connectivity index is 1.55. The maximum atomic E-state index is 12.7. The van der Waals surface area contributed by atoms with Gasteiger partial charge in [-0.25, -0.2) is 0 Å². The molecular weight excluding hydrogens is 280 g/mol. The van der Waals surface area contributed by atoms with Crippen molar-refractivity contribution in [1.29, 1.82) is 0 Å². The molecule has 21 heavy (non-hydrogen) atoms. The van der Waals surface area contributed by atoms with Gasteiger partial charge in [0.25, 0.3) is 0 Å². The molecule has 3 aliphatic rings. The zero-order valence-electron chi connectivity index (χ0n) is 12.6. The molecule has 0 aromatic carbocycles. The third kappa shape index (κ3) is 2.64. The highest BCUT2D eigenvalue weighted by molar-refractivity contribution is 7.07. The van der Waals surface area contributed by atoms with E-state index in [1.54, 1.807) is 11.3 Å². The highest BCUT2D eigenvalue weighted by Crippen LogP contribution is 2.50. The molecule has 1 aliphatic heterocycles. The average Bonchev–Trinajstić information content (AvgIpc) is 3.42. The van der Waals surface area contributed by atoms with Crippen molar-refractivity contribution < 1.29 is 4.79 Å². The third-order valence-corrected chi connectivity index (χ3v) is 6.08. The summed E-state index contributed by atoms with van der Waals surface area (Å²) in [6, 6.07) is 2.16. The number of carbonyl (C=O) groups excluding carboxylic acids is 1. The highest BCUT2D eigenvalue weighted by Gasteiger charge is 2.46. The molecule has 0 radical (unpaired) electrons. The van der Waals surface area contributed by atoms with Gasteiger partial charge in [-0.05, 0) is 72.2 Å². The summed E-state index contributed by atoms with van der Waals surface area (Å²) < 4.78 is 0. The molecule has 2 atom stereocenters. The number of hydrogen-bond acceptors (Lipinski definition) is 3. The molecule has 4 heteroatoms. The second-order valence-corrected chi connectivity index (χ2v) is 7.70. The number of nitrogens with one attached hydrogen (secondary N) is 1. The first-order chi connectivity index (χ1) is 10.3. The molecule has 3 fully saturated rings. The van der Waals surface area contributed by atoms with Crippen LogP contribution >= 0.6 is 11.3 Å². The molecule has 2 aliphatic carbocycles. The van der Waals surface area contributed by atoms with Crippen LogP contribution < -0.4 is 5.32 Å². The number of hydrogen-bond donors (Lipinski definition) is 1. The molecule has 1 N–H and O–H groups in total. The monoisotopic (exact) mass is 304 g/mol. The number of rotatable bonds is 6. The average molecular weight is 304 g/mol. The van der Waals surface area contributed by atoms with Crippen molar-refractivity contribution in [2.75, 3.05) is 6.54 Å². The molecule has 1 saturated heterocycles. The summed E-state index contributed by atoms with van der Waals surface area (Å²) in [4.78, 5) is 14.9. The van der Waals surface area contributed by atoms with E-state index in [0.29, 0.717) is 5.91 Å². The minimum atomic E-state index is 0.00829. The second-order valence-electron chi connectivity index (χ2n) is 6.92. The van der Waals surface area contributed by atoms with Gasteiger partial charge >= 0.3 is 0 Å². The Labute approximate surface area is 130 Å². The normalized spacial score (nSPS) is 29.6. The van der Waals surface area contributed by atoms with E-state index in [0.717, 1.165) is 30.7 Å². The van der Waals surface area contributed by atoms with E-state index in [9.17, 15) is 4.79 Å². The lowest BCUT2D eigenvalue weighted by atomic mass is 9.96. The van der Waals surface area contributed by atoms with Gasteiger partial charge in [-0.15, -0.1) is 0 Å². The predicted molar refractivity (Wildman–Crippen MR) is 84.9 cm³/mol. The summed E-state index contributed by atoms with van der Waals surface area (Å²) in [7, 11) is 0. The van der Waals surface area contributed by atoms with Gasteiger partial charge in [-0.3, -0.25) is 10.1 Å². The SMILES string of the molecule is CCC1NC(c2ccsc2)N(CC(C2CC2)C2CC2)C1=O. The maximum absolute atomic E-state index is 12.7. The second kappa shape index (κ2) is 5.40. The van der Waals surface area contributed by atoms with Gasteiger partial charge in [0.2, 0.25) is 5.91 Å². The summed E-state index contributed by atoms with van der Waals surface area (Å²) >= 11 is 1.72. The van der Waals surface area contributed by atoms with Crippen molar-refractivity contribution in [3.8, 4) is 0 Å². The van der Waals surface area contributed by atoms with Crippen LogP contribution in [0.2, 0.25) is 0 Å². The Morgan fingerprint density at radius 2 is 2.05 bits per heavy atom. The molecule has 3 nitrogen and oxygen atoms in total. The molecule has 114 valence electrons. The summed E-state index contributed by atoms with van der Waals surface area (Å²) in [5, 5.41) is 7.84. The summed E-state index contributed by atoms with van der Waals surface area (Å²) in [5.41, 5.74) is 1.26. The van der Waals surface area contributed by atoms with Crippen LogP contribution in [0, 0.1) is 17.8 Å². The van der Waals surface area contributed by atoms with Gasteiger partial charge in [0, 0.05) is 6.54 Å². The van der Waals surface area contributed by atoms with Crippen molar-refractivity contribution in [2.24, 2.45) is 17.8 Å². The van der Waals surface area contributed by atoms with Crippen molar-refractivity contribution in [2.45, 2.75) is 51.2 Å². The molecule has 1 aromatic heterocycles. The fourth-order valence-electron chi connectivity index (χ4n) is 3.83. The van der Waals surface area contributed by atoms with E-state index in [-0.39, 0.29) is 12.2 Å². The highest BCUT2D eigenvalue weighted by atomic mass is 32.1. The Morgan fingerprint density at radius 3 is 2.57 bits per heavy atom. The van der Waals surface area contributed by atoms with Crippen molar-refractivity contribution in [3.05, 3.63) is 22.4 Å². The lowest BCUT2D eigenvalue weighted by Crippen LogP contribution is -2.36. The molecule has 2 unspecified atom stereocenters. The molecule has 2 saturated carbocycles. The first-order valence-corrected chi connectivity index (χ1v) is 9.31. The van der Waals surface area contributed by atoms with Gasteiger partial charge in [0.15, 0.2) is 0 Å². The van der Waals surface area contributed by atoms with E-state index < -0.39 is 0 Å². The Hall–Kier alpha value is -0.870. The van der Waals surface area contributed by atoms with Crippen LogP contribution in [-0.4, -0.2) is 23.4 Å². The predicted octanol–water partition coefficient (Wildman–Crippen LogP) is 3.39. The minimum Gasteiger partial charge on any atom is -0.321 e. The lowest BCUT2D eigenvalue weighted by Gasteiger charge is -2.28. The van der Waals surface area contributed by atoms with E-state index in [4.69, 9.17) is 0 Å². The van der Waals surface area contributed by atoms with Crippen LogP contribution in [0.3, 0.4) is 0 Å². The number of carbonyl (C=O) groups is 1. The van der Waals surface area contributed by atoms with Crippen LogP contribution in [0.1, 0.15) is 50.8 Å². The number of nitrogens with zero attached hydrogens (tertiary/aromatic N) is 1. The summed E-state index contributed by atoms with van der Waals surface area (Å²) in [5.74, 6) is 2.87. The van der Waals surface area contributed by atoms with E-state index in [2.05, 4.69) is 34.0 Å². The summed E-state index contributed by atoms with van der Waals surface area (Å²) in [6.07, 6.45) is 6.53. The van der Waals surface area contributed by atoms with E-state index in [1.807, 2.05) is 0 Å². The largest absolute Gasteiger partial charge is 0.321 e. The number of amides is 1. The topological polar surface area (TPSA) is 32.3 Å². The fraction of sp³-hybridized carbons (Fsp3) is 0.706. The Kier molecular flexibility index (Phi) is 3.54. The van der Waals surface area contributed by atoms with Gasteiger partial charge in [-0.1, -0.05) is 6.92 Å². The Bertz CT molecular complexity index is 495. The molecule has 1 amide bonds. The van der Waals surface area contributed by atoms with Crippen LogP contribution in [-0.2, 0) is 4.79 Å². The van der Waals surface area contributed by atoms with E-state index in [1.165, 1.54) is 31.2 Å². The first-order valence-electron chi connectivity index (χ1n) is 8.36. The van der Waals surface area contributed by atoms with Crippen molar-refractivity contribution >= 4 is 17.2 Å². The van der Waals surface area contributed by atoms with Gasteiger partial charge in [0.05, 0.1) is 6.04 Å². The van der Waals surface area contributed by atoms with Gasteiger partial charge < -0.3 is 4.90 Å². The molecular formula is C17H24N2OS. The lowest BCUT2D eigenvalue weighted by molar-refractivity contribution is -0.131. The fourth-order valence-corrected chi connectivity index (χ4v) is 4.51.